The lowest BCUT2D eigenvalue weighted by Crippen LogP contribution is -2.59. The number of Topliss-reactive ketones (excluding diaryl/α,β-unsaturated/α-hetero) is 1. The molecule has 2 rings (SSSR count). The normalized spacial score (nSPS) is 21.9. The molecule has 7 atom stereocenters. The number of carboxylic acids is 1. The maximum atomic E-state index is 13.3. The van der Waals surface area contributed by atoms with Crippen LogP contribution in [0.5, 0.6) is 0 Å². The molecule has 7 N–H and O–H groups in total. The van der Waals surface area contributed by atoms with Gasteiger partial charge in [0.2, 0.25) is 17.7 Å². The summed E-state index contributed by atoms with van der Waals surface area (Å²) < 4.78 is 10.9. The van der Waals surface area contributed by atoms with Gasteiger partial charge in [0, 0.05) is 12.8 Å². The Bertz CT molecular complexity index is 1370. The number of carboxylic acid groups (broad SMARTS) is 1. The van der Waals surface area contributed by atoms with E-state index in [1.165, 1.54) is 6.92 Å². The minimum atomic E-state index is -1.83. The van der Waals surface area contributed by atoms with E-state index in [4.69, 9.17) is 9.47 Å². The summed E-state index contributed by atoms with van der Waals surface area (Å²) in [4.78, 5) is 74.5. The van der Waals surface area contributed by atoms with Gasteiger partial charge < -0.3 is 45.9 Å². The predicted molar refractivity (Wildman–Crippen MR) is 179 cm³/mol. The van der Waals surface area contributed by atoms with E-state index in [0.29, 0.717) is 23.1 Å². The molecule has 1 aliphatic heterocycles. The topological polar surface area (TPSA) is 238 Å². The molecule has 1 heterocycles. The van der Waals surface area contributed by atoms with E-state index in [2.05, 4.69) is 16.0 Å². The van der Waals surface area contributed by atoms with Crippen molar-refractivity contribution in [1.29, 1.82) is 0 Å². The van der Waals surface area contributed by atoms with Crippen molar-refractivity contribution in [2.24, 2.45) is 11.3 Å². The summed E-state index contributed by atoms with van der Waals surface area (Å²) in [6.07, 6.45) is -7.08. The Kier molecular flexibility index (Phi) is 16.0. The molecule has 1 saturated heterocycles. The van der Waals surface area contributed by atoms with Gasteiger partial charge in [-0.3, -0.25) is 24.0 Å². The van der Waals surface area contributed by atoms with Crippen LogP contribution in [0.2, 0.25) is 0 Å². The molecule has 0 aliphatic carbocycles. The van der Waals surface area contributed by atoms with Crippen LogP contribution in [-0.4, -0.2) is 105 Å². The van der Waals surface area contributed by atoms with Crippen molar-refractivity contribution in [3.8, 4) is 0 Å². The van der Waals surface area contributed by atoms with Gasteiger partial charge in [-0.2, -0.15) is 0 Å². The molecule has 50 heavy (non-hydrogen) atoms. The number of nitrogens with one attached hydrogen (secondary N) is 3. The highest BCUT2D eigenvalue weighted by atomic mass is 16.6. The standard InChI is InChI=1S/C35H53N3O12/c1-8-9-25(40)36-16-26(41)38-27(18(2)3)32(45)37-19(4)23(39)15-20-10-11-22(17-49-34(48)35(5,6)7)21(14-20)12-13-24-28(42)29(43)30(44)31(50-24)33(46)47/h10-11,14,18-19,24,27-31,42-44H,8-9,12-13,15-17H2,1-7H3,(H,36,40)(H,37,45)(H,38,41)(H,46,47)/t19-,24-,27-,28-,29+,30-,31-/m0/s1. The average molecular weight is 708 g/mol. The summed E-state index contributed by atoms with van der Waals surface area (Å²) in [6, 6.07) is 3.16. The SMILES string of the molecule is CCCC(=O)NCC(=O)N[C@H](C(=O)N[C@@H](C)C(=O)Cc1ccc(COC(=O)C(C)(C)C)c(CC[C@@H]2O[C@H](C(=O)O)[C@@H](O)[C@H](O)[C@H]2O)c1)C(C)C. The number of ether oxygens (including phenoxy) is 2. The maximum Gasteiger partial charge on any atom is 0.335 e. The summed E-state index contributed by atoms with van der Waals surface area (Å²) in [7, 11) is 0. The fourth-order valence-corrected chi connectivity index (χ4v) is 5.21. The highest BCUT2D eigenvalue weighted by molar-refractivity contribution is 5.94. The first-order valence-corrected chi connectivity index (χ1v) is 16.9. The number of aliphatic carboxylic acids is 1. The second-order valence-electron chi connectivity index (χ2n) is 14.1. The molecular formula is C35H53N3O12. The number of aliphatic hydroxyl groups is 3. The lowest BCUT2D eigenvalue weighted by atomic mass is 9.90. The van der Waals surface area contributed by atoms with E-state index in [1.807, 2.05) is 6.92 Å². The van der Waals surface area contributed by atoms with Gasteiger partial charge in [-0.1, -0.05) is 39.0 Å². The first kappa shape index (κ1) is 42.2. The Morgan fingerprint density at radius 1 is 0.920 bits per heavy atom. The molecule has 0 bridgehead atoms. The Morgan fingerprint density at radius 3 is 2.16 bits per heavy atom. The second-order valence-corrected chi connectivity index (χ2v) is 14.1. The number of carbonyl (C=O) groups excluding carboxylic acids is 5. The van der Waals surface area contributed by atoms with Gasteiger partial charge in [-0.05, 0) is 69.6 Å². The van der Waals surface area contributed by atoms with Crippen molar-refractivity contribution in [1.82, 2.24) is 16.0 Å². The number of esters is 1. The number of amides is 3. The molecule has 15 heteroatoms. The van der Waals surface area contributed by atoms with Crippen LogP contribution in [0.1, 0.15) is 84.4 Å². The number of hydrogen-bond donors (Lipinski definition) is 7. The molecule has 1 aromatic carbocycles. The molecular weight excluding hydrogens is 654 g/mol. The molecule has 0 radical (unpaired) electrons. The van der Waals surface area contributed by atoms with Crippen LogP contribution in [-0.2, 0) is 57.7 Å². The number of hydrogen-bond acceptors (Lipinski definition) is 11. The zero-order chi connectivity index (χ0) is 37.9. The minimum absolute atomic E-state index is 0.0173. The zero-order valence-corrected chi connectivity index (χ0v) is 29.9. The van der Waals surface area contributed by atoms with Crippen molar-refractivity contribution in [3.05, 3.63) is 34.9 Å². The third-order valence-electron chi connectivity index (χ3n) is 8.30. The van der Waals surface area contributed by atoms with Gasteiger partial charge in [-0.15, -0.1) is 0 Å². The molecule has 0 aromatic heterocycles. The quantitative estimate of drug-likeness (QED) is 0.108. The number of aliphatic hydroxyl groups excluding tert-OH is 3. The van der Waals surface area contributed by atoms with Crippen molar-refractivity contribution in [2.45, 2.75) is 130 Å². The number of aryl methyl sites for hydroxylation is 1. The van der Waals surface area contributed by atoms with E-state index in [1.54, 1.807) is 52.8 Å². The highest BCUT2D eigenvalue weighted by Gasteiger charge is 2.46. The maximum absolute atomic E-state index is 13.3. The number of carbonyl (C=O) groups is 6. The fourth-order valence-electron chi connectivity index (χ4n) is 5.21. The predicted octanol–water partition coefficient (Wildman–Crippen LogP) is 0.317. The van der Waals surface area contributed by atoms with Gasteiger partial charge in [0.05, 0.1) is 24.1 Å². The molecule has 3 amide bonds. The first-order chi connectivity index (χ1) is 23.3. The number of ketones is 1. The largest absolute Gasteiger partial charge is 0.479 e. The van der Waals surface area contributed by atoms with Crippen LogP contribution < -0.4 is 16.0 Å². The Labute approximate surface area is 292 Å². The van der Waals surface area contributed by atoms with Crippen molar-refractivity contribution < 1.29 is 58.7 Å². The van der Waals surface area contributed by atoms with E-state index in [-0.39, 0.29) is 56.4 Å². The molecule has 15 nitrogen and oxygen atoms in total. The van der Waals surface area contributed by atoms with E-state index >= 15 is 0 Å². The van der Waals surface area contributed by atoms with Crippen molar-refractivity contribution in [2.75, 3.05) is 6.54 Å². The highest BCUT2D eigenvalue weighted by Crippen LogP contribution is 2.27. The van der Waals surface area contributed by atoms with Crippen LogP contribution in [0.3, 0.4) is 0 Å². The van der Waals surface area contributed by atoms with Crippen LogP contribution in [0.15, 0.2) is 18.2 Å². The number of benzene rings is 1. The lowest BCUT2D eigenvalue weighted by molar-refractivity contribution is -0.228. The average Bonchev–Trinajstić information content (AvgIpc) is 3.03. The lowest BCUT2D eigenvalue weighted by Gasteiger charge is -2.39. The summed E-state index contributed by atoms with van der Waals surface area (Å²) in [6.45, 7) is 11.5. The monoisotopic (exact) mass is 707 g/mol. The van der Waals surface area contributed by atoms with Crippen LogP contribution in [0.25, 0.3) is 0 Å². The van der Waals surface area contributed by atoms with E-state index < -0.39 is 71.8 Å². The fraction of sp³-hybridized carbons (Fsp3) is 0.657. The Balaban J connectivity index is 2.18. The Morgan fingerprint density at radius 2 is 1.58 bits per heavy atom. The molecule has 280 valence electrons. The van der Waals surface area contributed by atoms with E-state index in [9.17, 15) is 49.2 Å². The van der Waals surface area contributed by atoms with Crippen molar-refractivity contribution in [3.63, 3.8) is 0 Å². The van der Waals surface area contributed by atoms with Gasteiger partial charge in [0.15, 0.2) is 11.9 Å². The summed E-state index contributed by atoms with van der Waals surface area (Å²) in [5.41, 5.74) is 0.975. The van der Waals surface area contributed by atoms with E-state index in [0.717, 1.165) is 0 Å². The molecule has 0 spiro atoms. The van der Waals surface area contributed by atoms with Crippen LogP contribution in [0.4, 0.5) is 0 Å². The van der Waals surface area contributed by atoms with Gasteiger partial charge in [-0.25, -0.2) is 4.79 Å². The van der Waals surface area contributed by atoms with Crippen LogP contribution in [0, 0.1) is 11.3 Å². The van der Waals surface area contributed by atoms with Gasteiger partial charge >= 0.3 is 11.9 Å². The second kappa shape index (κ2) is 18.9. The molecule has 0 unspecified atom stereocenters. The summed E-state index contributed by atoms with van der Waals surface area (Å²) in [5, 5.41) is 47.9. The molecule has 1 aromatic rings. The first-order valence-electron chi connectivity index (χ1n) is 16.9. The van der Waals surface area contributed by atoms with Crippen molar-refractivity contribution >= 4 is 35.4 Å². The summed E-state index contributed by atoms with van der Waals surface area (Å²) >= 11 is 0. The van der Waals surface area contributed by atoms with Gasteiger partial charge in [0.1, 0.15) is 31.0 Å². The summed E-state index contributed by atoms with van der Waals surface area (Å²) in [5.74, 6) is -4.00. The Hall–Kier alpha value is -3.92. The van der Waals surface area contributed by atoms with Gasteiger partial charge in [0.25, 0.3) is 0 Å². The number of rotatable bonds is 17. The molecule has 1 fully saturated rings. The third kappa shape index (κ3) is 12.4. The van der Waals surface area contributed by atoms with Crippen LogP contribution >= 0.6 is 0 Å². The minimum Gasteiger partial charge on any atom is -0.479 e. The molecule has 0 saturated carbocycles. The zero-order valence-electron chi connectivity index (χ0n) is 29.9. The third-order valence-corrected chi connectivity index (χ3v) is 8.30. The smallest absolute Gasteiger partial charge is 0.335 e. The molecule has 1 aliphatic rings.